The molecule has 1 fully saturated rings. The van der Waals surface area contributed by atoms with Crippen molar-refractivity contribution < 1.29 is 0 Å². The highest BCUT2D eigenvalue weighted by atomic mass is 32.1. The van der Waals surface area contributed by atoms with Crippen LogP contribution in [0.5, 0.6) is 0 Å². The molecule has 0 aromatic rings. The van der Waals surface area contributed by atoms with Gasteiger partial charge < -0.3 is 0 Å². The number of rotatable bonds is 4. The Labute approximate surface area is 68.5 Å². The van der Waals surface area contributed by atoms with Crippen molar-refractivity contribution in [3.05, 3.63) is 12.2 Å². The van der Waals surface area contributed by atoms with Crippen LogP contribution in [-0.4, -0.2) is 30.3 Å². The minimum absolute atomic E-state index is 0.817. The van der Waals surface area contributed by atoms with Gasteiger partial charge in [-0.2, -0.15) is 12.6 Å². The second-order valence-corrected chi connectivity index (χ2v) is 3.37. The van der Waals surface area contributed by atoms with Crippen molar-refractivity contribution in [2.75, 3.05) is 19.3 Å². The normalized spacial score (nSPS) is 17.9. The van der Waals surface area contributed by atoms with Crippen molar-refractivity contribution in [1.82, 2.24) is 4.90 Å². The zero-order valence-electron chi connectivity index (χ0n) is 6.51. The van der Waals surface area contributed by atoms with Gasteiger partial charge in [0, 0.05) is 18.3 Å². The Morgan fingerprint density at radius 1 is 1.70 bits per heavy atom. The largest absolute Gasteiger partial charge is 0.299 e. The van der Waals surface area contributed by atoms with Crippen molar-refractivity contribution in [2.24, 2.45) is 0 Å². The van der Waals surface area contributed by atoms with Crippen LogP contribution in [0.4, 0.5) is 0 Å². The van der Waals surface area contributed by atoms with Gasteiger partial charge in [0.15, 0.2) is 0 Å². The van der Waals surface area contributed by atoms with E-state index in [4.69, 9.17) is 0 Å². The van der Waals surface area contributed by atoms with E-state index in [0.29, 0.717) is 0 Å². The molecule has 0 saturated heterocycles. The van der Waals surface area contributed by atoms with Gasteiger partial charge in [-0.15, -0.1) is 0 Å². The van der Waals surface area contributed by atoms with E-state index in [1.54, 1.807) is 0 Å². The fourth-order valence-corrected chi connectivity index (χ4v) is 1.15. The first-order chi connectivity index (χ1) is 4.74. The van der Waals surface area contributed by atoms with Crippen LogP contribution in [0.2, 0.25) is 0 Å². The summed E-state index contributed by atoms with van der Waals surface area (Å²) in [6.07, 6.45) is 2.74. The van der Waals surface area contributed by atoms with Gasteiger partial charge in [-0.05, 0) is 19.9 Å². The van der Waals surface area contributed by atoms with E-state index in [1.807, 2.05) is 0 Å². The molecule has 1 aliphatic rings. The molecule has 0 amide bonds. The minimum Gasteiger partial charge on any atom is -0.299 e. The molecule has 0 heterocycles. The van der Waals surface area contributed by atoms with Crippen LogP contribution in [0.25, 0.3) is 0 Å². The number of hydrogen-bond acceptors (Lipinski definition) is 2. The lowest BCUT2D eigenvalue weighted by Crippen LogP contribution is -2.23. The van der Waals surface area contributed by atoms with Gasteiger partial charge in [0.05, 0.1) is 0 Å². The Balaban J connectivity index is 2.16. The van der Waals surface area contributed by atoms with Gasteiger partial charge in [0.25, 0.3) is 0 Å². The van der Waals surface area contributed by atoms with Gasteiger partial charge in [-0.3, -0.25) is 4.90 Å². The Bertz CT molecular complexity index is 129. The van der Waals surface area contributed by atoms with E-state index in [-0.39, 0.29) is 0 Å². The molecule has 0 unspecified atom stereocenters. The van der Waals surface area contributed by atoms with E-state index < -0.39 is 0 Å². The lowest BCUT2D eigenvalue weighted by Gasteiger charge is -2.15. The Hall–Kier alpha value is 0.0500. The molecule has 2 heteroatoms. The zero-order valence-corrected chi connectivity index (χ0v) is 7.40. The minimum atomic E-state index is 0.817. The van der Waals surface area contributed by atoms with Crippen LogP contribution in [0.15, 0.2) is 12.2 Å². The van der Waals surface area contributed by atoms with E-state index in [1.165, 1.54) is 18.4 Å². The summed E-state index contributed by atoms with van der Waals surface area (Å²) < 4.78 is 0. The predicted molar refractivity (Wildman–Crippen MR) is 48.6 cm³/mol. The highest BCUT2D eigenvalue weighted by molar-refractivity contribution is 7.80. The van der Waals surface area contributed by atoms with Gasteiger partial charge in [-0.1, -0.05) is 12.2 Å². The fraction of sp³-hybridized carbons (Fsp3) is 0.750. The Morgan fingerprint density at radius 2 is 2.30 bits per heavy atom. The van der Waals surface area contributed by atoms with Crippen LogP contribution in [0.1, 0.15) is 12.8 Å². The second kappa shape index (κ2) is 3.44. The molecule has 0 radical (unpaired) electrons. The first-order valence-electron chi connectivity index (χ1n) is 3.72. The molecule has 1 rings (SSSR count). The standard InChI is InChI=1S/C8H15NS/c1-7(6-10)5-9(2)8-3-4-8/h8,10H,1,3-6H2,2H3. The fourth-order valence-electron chi connectivity index (χ4n) is 1.05. The quantitative estimate of drug-likeness (QED) is 0.479. The molecule has 10 heavy (non-hydrogen) atoms. The molecule has 1 aliphatic carbocycles. The van der Waals surface area contributed by atoms with Crippen molar-refractivity contribution >= 4 is 12.6 Å². The van der Waals surface area contributed by atoms with E-state index in [2.05, 4.69) is 31.2 Å². The molecule has 1 saturated carbocycles. The van der Waals surface area contributed by atoms with Crippen molar-refractivity contribution in [1.29, 1.82) is 0 Å². The average Bonchev–Trinajstić information content (AvgIpc) is 2.68. The summed E-state index contributed by atoms with van der Waals surface area (Å²) >= 11 is 4.15. The molecular weight excluding hydrogens is 142 g/mol. The maximum Gasteiger partial charge on any atom is 0.0198 e. The third-order valence-electron chi connectivity index (χ3n) is 1.87. The Kier molecular flexibility index (Phi) is 2.81. The number of hydrogen-bond donors (Lipinski definition) is 1. The topological polar surface area (TPSA) is 3.24 Å². The first-order valence-corrected chi connectivity index (χ1v) is 4.35. The van der Waals surface area contributed by atoms with Crippen molar-refractivity contribution in [3.63, 3.8) is 0 Å². The summed E-state index contributed by atoms with van der Waals surface area (Å²) in [6, 6.07) is 0.844. The summed E-state index contributed by atoms with van der Waals surface area (Å²) in [7, 11) is 2.16. The zero-order chi connectivity index (χ0) is 7.56. The van der Waals surface area contributed by atoms with Gasteiger partial charge in [0.2, 0.25) is 0 Å². The average molecular weight is 157 g/mol. The van der Waals surface area contributed by atoms with Crippen LogP contribution in [0, 0.1) is 0 Å². The van der Waals surface area contributed by atoms with Crippen LogP contribution < -0.4 is 0 Å². The number of likely N-dealkylation sites (N-methyl/N-ethyl adjacent to an activating group) is 1. The molecule has 0 atom stereocenters. The third kappa shape index (κ3) is 2.35. The molecular formula is C8H15NS. The predicted octanol–water partition coefficient (Wildman–Crippen LogP) is 1.57. The highest BCUT2D eigenvalue weighted by Gasteiger charge is 2.25. The summed E-state index contributed by atoms with van der Waals surface area (Å²) in [4.78, 5) is 2.36. The van der Waals surface area contributed by atoms with Gasteiger partial charge in [-0.25, -0.2) is 0 Å². The molecule has 0 bridgehead atoms. The molecule has 0 aromatic carbocycles. The molecule has 0 spiro atoms. The van der Waals surface area contributed by atoms with Gasteiger partial charge >= 0.3 is 0 Å². The van der Waals surface area contributed by atoms with E-state index in [0.717, 1.165) is 18.3 Å². The number of nitrogens with zero attached hydrogens (tertiary/aromatic N) is 1. The van der Waals surface area contributed by atoms with Crippen LogP contribution >= 0.6 is 12.6 Å². The summed E-state index contributed by atoms with van der Waals surface area (Å²) in [6.45, 7) is 4.93. The highest BCUT2D eigenvalue weighted by Crippen LogP contribution is 2.25. The first kappa shape index (κ1) is 8.15. The third-order valence-corrected chi connectivity index (χ3v) is 2.31. The lowest BCUT2D eigenvalue weighted by atomic mass is 10.3. The molecule has 0 aliphatic heterocycles. The lowest BCUT2D eigenvalue weighted by molar-refractivity contribution is 0.353. The smallest absolute Gasteiger partial charge is 0.0198 e. The van der Waals surface area contributed by atoms with E-state index in [9.17, 15) is 0 Å². The summed E-state index contributed by atoms with van der Waals surface area (Å²) in [5.41, 5.74) is 1.22. The molecule has 1 nitrogen and oxygen atoms in total. The maximum absolute atomic E-state index is 4.15. The molecule has 0 aromatic heterocycles. The SMILES string of the molecule is C=C(CS)CN(C)C1CC1. The maximum atomic E-state index is 4.15. The monoisotopic (exact) mass is 157 g/mol. The Morgan fingerprint density at radius 3 is 2.70 bits per heavy atom. The molecule has 58 valence electrons. The van der Waals surface area contributed by atoms with E-state index >= 15 is 0 Å². The summed E-state index contributed by atoms with van der Waals surface area (Å²) in [5.74, 6) is 0.817. The van der Waals surface area contributed by atoms with Crippen LogP contribution in [0.3, 0.4) is 0 Å². The number of thiol groups is 1. The second-order valence-electron chi connectivity index (χ2n) is 3.05. The van der Waals surface area contributed by atoms with Gasteiger partial charge in [0.1, 0.15) is 0 Å². The van der Waals surface area contributed by atoms with Crippen LogP contribution in [-0.2, 0) is 0 Å². The van der Waals surface area contributed by atoms with Crippen molar-refractivity contribution in [3.8, 4) is 0 Å². The summed E-state index contributed by atoms with van der Waals surface area (Å²) in [5, 5.41) is 0. The van der Waals surface area contributed by atoms with Crippen molar-refractivity contribution in [2.45, 2.75) is 18.9 Å². The molecule has 0 N–H and O–H groups in total.